The third kappa shape index (κ3) is 5.43. The quantitative estimate of drug-likeness (QED) is 0.227. The van der Waals surface area contributed by atoms with Gasteiger partial charge in [-0.15, -0.1) is 0 Å². The fourth-order valence-electron chi connectivity index (χ4n) is 3.38. The third-order valence-electron chi connectivity index (χ3n) is 5.10. The van der Waals surface area contributed by atoms with Crippen molar-refractivity contribution in [3.8, 4) is 5.75 Å². The second-order valence-electron chi connectivity index (χ2n) is 7.42. The van der Waals surface area contributed by atoms with Crippen LogP contribution in [0.5, 0.6) is 5.75 Å². The number of anilines is 1. The highest BCUT2D eigenvalue weighted by atomic mass is 79.9. The molecule has 0 aliphatic heterocycles. The molecule has 0 amide bonds. The zero-order valence-electron chi connectivity index (χ0n) is 17.7. The van der Waals surface area contributed by atoms with Gasteiger partial charge in [0.05, 0.1) is 6.21 Å². The molecule has 0 aliphatic carbocycles. The molecule has 0 saturated carbocycles. The minimum absolute atomic E-state index is 0.0909. The number of benzene rings is 1. The highest BCUT2D eigenvalue weighted by Gasteiger charge is 2.17. The average Bonchev–Trinajstić information content (AvgIpc) is 3.10. The van der Waals surface area contributed by atoms with Crippen molar-refractivity contribution in [2.45, 2.75) is 52.0 Å². The predicted octanol–water partition coefficient (Wildman–Crippen LogP) is 3.70. The maximum Gasteiger partial charge on any atom is 0.329 e. The van der Waals surface area contributed by atoms with E-state index in [2.05, 4.69) is 43.3 Å². The minimum atomic E-state index is -0.518. The van der Waals surface area contributed by atoms with Crippen molar-refractivity contribution in [1.82, 2.24) is 19.1 Å². The second-order valence-corrected chi connectivity index (χ2v) is 8.33. The molecule has 0 aliphatic rings. The maximum atomic E-state index is 12.5. The summed E-state index contributed by atoms with van der Waals surface area (Å²) in [7, 11) is 1.56. The molecule has 2 aromatic heterocycles. The van der Waals surface area contributed by atoms with Gasteiger partial charge >= 0.3 is 5.69 Å². The fourth-order valence-corrected chi connectivity index (χ4v) is 3.75. The molecule has 0 spiro atoms. The van der Waals surface area contributed by atoms with E-state index in [1.807, 2.05) is 0 Å². The van der Waals surface area contributed by atoms with Crippen LogP contribution in [0.4, 0.5) is 5.95 Å². The number of phenolic OH excluding ortho intramolecular Hbond substituents is 1. The Kier molecular flexibility index (Phi) is 7.67. The van der Waals surface area contributed by atoms with Gasteiger partial charge in [-0.2, -0.15) is 10.1 Å². The topological polar surface area (TPSA) is 117 Å². The van der Waals surface area contributed by atoms with Crippen LogP contribution in [0.2, 0.25) is 0 Å². The molecule has 166 valence electrons. The van der Waals surface area contributed by atoms with Gasteiger partial charge in [-0.1, -0.05) is 55.0 Å². The molecule has 10 heteroatoms. The van der Waals surface area contributed by atoms with E-state index in [-0.39, 0.29) is 5.75 Å². The normalized spacial score (nSPS) is 11.6. The van der Waals surface area contributed by atoms with Crippen molar-refractivity contribution in [2.75, 3.05) is 5.43 Å². The van der Waals surface area contributed by atoms with Crippen LogP contribution in [0.3, 0.4) is 0 Å². The van der Waals surface area contributed by atoms with E-state index in [0.29, 0.717) is 29.2 Å². The summed E-state index contributed by atoms with van der Waals surface area (Å²) in [5.41, 5.74) is 3.01. The number of phenols is 1. The number of H-pyrrole nitrogens is 1. The fraction of sp³-hybridized carbons (Fsp3) is 0.429. The Balaban J connectivity index is 1.88. The van der Waals surface area contributed by atoms with Crippen molar-refractivity contribution in [3.63, 3.8) is 0 Å². The predicted molar refractivity (Wildman–Crippen MR) is 126 cm³/mol. The Morgan fingerprint density at radius 2 is 1.97 bits per heavy atom. The number of hydrazone groups is 1. The SMILES string of the molecule is CCCCCCCCn1c(NN=Cc2cc(Br)ccc2O)nc2c1c(=O)[nH]c(=O)n2C. The second kappa shape index (κ2) is 10.4. The summed E-state index contributed by atoms with van der Waals surface area (Å²) in [5, 5.41) is 14.1. The molecule has 0 atom stereocenters. The monoisotopic (exact) mass is 490 g/mol. The Morgan fingerprint density at radius 1 is 1.23 bits per heavy atom. The van der Waals surface area contributed by atoms with E-state index < -0.39 is 11.2 Å². The van der Waals surface area contributed by atoms with Crippen molar-refractivity contribution >= 4 is 39.3 Å². The number of aryl methyl sites for hydroxylation is 2. The lowest BCUT2D eigenvalue weighted by Gasteiger charge is -2.08. The summed E-state index contributed by atoms with van der Waals surface area (Å²) in [6.07, 6.45) is 8.13. The maximum absolute atomic E-state index is 12.5. The molecule has 9 nitrogen and oxygen atoms in total. The van der Waals surface area contributed by atoms with Crippen LogP contribution in [-0.2, 0) is 13.6 Å². The van der Waals surface area contributed by atoms with Gasteiger partial charge in [0.1, 0.15) is 5.75 Å². The van der Waals surface area contributed by atoms with Crippen LogP contribution in [-0.4, -0.2) is 30.4 Å². The first kappa shape index (κ1) is 22.8. The minimum Gasteiger partial charge on any atom is -0.507 e. The van der Waals surface area contributed by atoms with Gasteiger partial charge in [0.15, 0.2) is 11.2 Å². The van der Waals surface area contributed by atoms with Gasteiger partial charge in [-0.3, -0.25) is 14.3 Å². The van der Waals surface area contributed by atoms with E-state index in [0.717, 1.165) is 23.7 Å². The summed E-state index contributed by atoms with van der Waals surface area (Å²) in [6.45, 7) is 2.75. The number of aromatic hydroxyl groups is 1. The number of imidazole rings is 1. The summed E-state index contributed by atoms with van der Waals surface area (Å²) in [4.78, 5) is 31.3. The molecule has 3 N–H and O–H groups in total. The number of halogens is 1. The molecule has 31 heavy (non-hydrogen) atoms. The number of nitrogens with one attached hydrogen (secondary N) is 2. The van der Waals surface area contributed by atoms with E-state index in [1.165, 1.54) is 30.0 Å². The summed E-state index contributed by atoms with van der Waals surface area (Å²) < 4.78 is 3.87. The first-order valence-electron chi connectivity index (χ1n) is 10.4. The van der Waals surface area contributed by atoms with Crippen LogP contribution >= 0.6 is 15.9 Å². The van der Waals surface area contributed by atoms with Gasteiger partial charge in [-0.05, 0) is 24.6 Å². The number of rotatable bonds is 10. The molecular weight excluding hydrogens is 464 g/mol. The lowest BCUT2D eigenvalue weighted by molar-refractivity contribution is 0.474. The first-order valence-corrected chi connectivity index (χ1v) is 11.2. The molecule has 0 saturated heterocycles. The number of aromatic nitrogens is 4. The Bertz CT molecular complexity index is 1190. The van der Waals surface area contributed by atoms with Crippen molar-refractivity contribution in [2.24, 2.45) is 12.1 Å². The van der Waals surface area contributed by atoms with Gasteiger partial charge in [0.2, 0.25) is 5.95 Å². The average molecular weight is 491 g/mol. The van der Waals surface area contributed by atoms with Gasteiger partial charge < -0.3 is 9.67 Å². The van der Waals surface area contributed by atoms with Crippen molar-refractivity contribution < 1.29 is 5.11 Å². The highest BCUT2D eigenvalue weighted by molar-refractivity contribution is 9.10. The zero-order chi connectivity index (χ0) is 22.4. The van der Waals surface area contributed by atoms with E-state index in [4.69, 9.17) is 0 Å². The number of fused-ring (bicyclic) bond motifs is 1. The molecule has 3 rings (SSSR count). The van der Waals surface area contributed by atoms with Crippen LogP contribution < -0.4 is 16.7 Å². The van der Waals surface area contributed by atoms with Crippen LogP contribution in [0, 0.1) is 0 Å². The molecule has 1 aromatic carbocycles. The third-order valence-corrected chi connectivity index (χ3v) is 5.59. The Labute approximate surface area is 188 Å². The standard InChI is InChI=1S/C21H27BrN6O3/c1-3-4-5-6-7-8-11-28-17-18(27(2)21(31)25-19(17)30)24-20(28)26-23-13-14-12-15(22)9-10-16(14)29/h9-10,12-13,29H,3-8,11H2,1-2H3,(H,24,26)(H,25,30,31). The van der Waals surface area contributed by atoms with Crippen LogP contribution in [0.15, 0.2) is 37.4 Å². The summed E-state index contributed by atoms with van der Waals surface area (Å²) in [5.74, 6) is 0.453. The molecule has 0 bridgehead atoms. The molecule has 0 unspecified atom stereocenters. The van der Waals surface area contributed by atoms with Gasteiger partial charge in [0, 0.05) is 23.6 Å². The molecular formula is C21H27BrN6O3. The van der Waals surface area contributed by atoms with Crippen LogP contribution in [0.25, 0.3) is 11.2 Å². The number of unbranched alkanes of at least 4 members (excludes halogenated alkanes) is 5. The molecule has 0 fully saturated rings. The lowest BCUT2D eigenvalue weighted by atomic mass is 10.1. The van der Waals surface area contributed by atoms with Crippen molar-refractivity contribution in [1.29, 1.82) is 0 Å². The van der Waals surface area contributed by atoms with Crippen molar-refractivity contribution in [3.05, 3.63) is 49.1 Å². The Morgan fingerprint density at radius 3 is 2.74 bits per heavy atom. The molecule has 3 aromatic rings. The molecule has 0 radical (unpaired) electrons. The summed E-state index contributed by atoms with van der Waals surface area (Å²) >= 11 is 3.36. The number of hydrogen-bond donors (Lipinski definition) is 3. The highest BCUT2D eigenvalue weighted by Crippen LogP contribution is 2.21. The zero-order valence-corrected chi connectivity index (χ0v) is 19.3. The number of hydrogen-bond acceptors (Lipinski definition) is 6. The number of aromatic amines is 1. The number of nitrogens with zero attached hydrogens (tertiary/aromatic N) is 4. The van der Waals surface area contributed by atoms with Crippen LogP contribution in [0.1, 0.15) is 51.0 Å². The van der Waals surface area contributed by atoms with E-state index >= 15 is 0 Å². The first-order chi connectivity index (χ1) is 14.9. The smallest absolute Gasteiger partial charge is 0.329 e. The van der Waals surface area contributed by atoms with Gasteiger partial charge in [-0.25, -0.2) is 10.2 Å². The largest absolute Gasteiger partial charge is 0.507 e. The Hall–Kier alpha value is -2.88. The van der Waals surface area contributed by atoms with Gasteiger partial charge in [0.25, 0.3) is 5.56 Å². The summed E-state index contributed by atoms with van der Waals surface area (Å²) in [6, 6.07) is 5.02. The van der Waals surface area contributed by atoms with E-state index in [9.17, 15) is 14.7 Å². The van der Waals surface area contributed by atoms with E-state index in [1.54, 1.807) is 29.8 Å². The lowest BCUT2D eigenvalue weighted by Crippen LogP contribution is -2.29. The molecule has 2 heterocycles.